The summed E-state index contributed by atoms with van der Waals surface area (Å²) in [5.41, 5.74) is 2.57. The zero-order valence-electron chi connectivity index (χ0n) is 22.9. The largest absolute Gasteiger partial charge is 0.495 e. The van der Waals surface area contributed by atoms with Gasteiger partial charge in [0.15, 0.2) is 0 Å². The SMILES string of the molecule is COc1cc(SN2CCCCC2)ccc1NCC#Cc1cc2c(NC3CCCCC3)cccc2n1CC(F)(F)F. The minimum atomic E-state index is -4.35. The molecular formula is C31H37F3N4OS. The maximum Gasteiger partial charge on any atom is 0.406 e. The molecule has 3 aromatic rings. The summed E-state index contributed by atoms with van der Waals surface area (Å²) in [4.78, 5) is 1.12. The van der Waals surface area contributed by atoms with Crippen LogP contribution in [0.15, 0.2) is 47.4 Å². The average molecular weight is 571 g/mol. The van der Waals surface area contributed by atoms with E-state index in [9.17, 15) is 13.2 Å². The van der Waals surface area contributed by atoms with Crippen LogP contribution in [0, 0.1) is 11.8 Å². The third-order valence-electron chi connectivity index (χ3n) is 7.55. The first-order valence-corrected chi connectivity index (χ1v) is 15.0. The molecule has 2 fully saturated rings. The fraction of sp³-hybridized carbons (Fsp3) is 0.484. The Hall–Kier alpha value is -2.96. The van der Waals surface area contributed by atoms with Gasteiger partial charge in [-0.25, -0.2) is 4.31 Å². The van der Waals surface area contributed by atoms with Gasteiger partial charge < -0.3 is 19.9 Å². The van der Waals surface area contributed by atoms with E-state index in [0.717, 1.165) is 47.6 Å². The third-order valence-corrected chi connectivity index (χ3v) is 8.64. The summed E-state index contributed by atoms with van der Waals surface area (Å²) in [5.74, 6) is 6.75. The van der Waals surface area contributed by atoms with Gasteiger partial charge in [-0.15, -0.1) is 0 Å². The topological polar surface area (TPSA) is 41.5 Å². The molecule has 0 bridgehead atoms. The number of halogens is 3. The molecule has 1 aliphatic heterocycles. The van der Waals surface area contributed by atoms with Crippen molar-refractivity contribution < 1.29 is 17.9 Å². The second kappa shape index (κ2) is 13.1. The Balaban J connectivity index is 1.32. The van der Waals surface area contributed by atoms with Crippen LogP contribution < -0.4 is 15.4 Å². The van der Waals surface area contributed by atoms with E-state index in [1.807, 2.05) is 24.3 Å². The minimum Gasteiger partial charge on any atom is -0.495 e. The number of nitrogens with one attached hydrogen (secondary N) is 2. The molecule has 2 aliphatic rings. The standard InChI is InChI=1S/C31H37F3N4OS/c1-39-30-21-25(40-37-18-6-3-7-19-37)15-16-28(30)35-17-9-12-24-20-26-27(36-23-10-4-2-5-11-23)13-8-14-29(26)38(24)22-31(32,33)34/h8,13-16,20-21,23,35-36H,2-7,10-11,17-19,22H2,1H3. The second-order valence-corrected chi connectivity index (χ2v) is 11.7. The van der Waals surface area contributed by atoms with Crippen molar-refractivity contribution in [3.8, 4) is 17.6 Å². The maximum absolute atomic E-state index is 13.6. The molecule has 0 radical (unpaired) electrons. The van der Waals surface area contributed by atoms with E-state index in [2.05, 4.69) is 32.8 Å². The Morgan fingerprint density at radius 1 is 0.975 bits per heavy atom. The molecule has 9 heteroatoms. The fourth-order valence-electron chi connectivity index (χ4n) is 5.58. The Kier molecular flexibility index (Phi) is 9.38. The van der Waals surface area contributed by atoms with Crippen molar-refractivity contribution in [1.82, 2.24) is 8.87 Å². The summed E-state index contributed by atoms with van der Waals surface area (Å²) in [7, 11) is 1.63. The number of nitrogens with zero attached hydrogens (tertiary/aromatic N) is 2. The van der Waals surface area contributed by atoms with Crippen LogP contribution in [0.1, 0.15) is 57.1 Å². The van der Waals surface area contributed by atoms with Gasteiger partial charge in [0.2, 0.25) is 0 Å². The lowest BCUT2D eigenvalue weighted by Crippen LogP contribution is -2.22. The lowest BCUT2D eigenvalue weighted by molar-refractivity contribution is -0.140. The van der Waals surface area contributed by atoms with E-state index in [1.165, 1.54) is 43.1 Å². The number of hydrogen-bond donors (Lipinski definition) is 2. The zero-order valence-corrected chi connectivity index (χ0v) is 23.8. The van der Waals surface area contributed by atoms with E-state index in [4.69, 9.17) is 4.74 Å². The highest BCUT2D eigenvalue weighted by Gasteiger charge is 2.30. The van der Waals surface area contributed by atoms with E-state index >= 15 is 0 Å². The Labute approximate surface area is 239 Å². The fourth-order valence-corrected chi connectivity index (χ4v) is 6.61. The van der Waals surface area contributed by atoms with Crippen molar-refractivity contribution in [2.45, 2.75) is 75.0 Å². The number of methoxy groups -OCH3 is 1. The summed E-state index contributed by atoms with van der Waals surface area (Å²) < 4.78 is 49.9. The predicted octanol–water partition coefficient (Wildman–Crippen LogP) is 7.91. The van der Waals surface area contributed by atoms with E-state index in [1.54, 1.807) is 31.2 Å². The molecule has 2 N–H and O–H groups in total. The highest BCUT2D eigenvalue weighted by Crippen LogP contribution is 2.34. The number of rotatable bonds is 8. The van der Waals surface area contributed by atoms with Crippen LogP contribution in [0.3, 0.4) is 0 Å². The Bertz CT molecular complexity index is 1350. The molecule has 1 aliphatic carbocycles. The normalized spacial score (nSPS) is 16.9. The summed E-state index contributed by atoms with van der Waals surface area (Å²) in [6, 6.07) is 13.7. The van der Waals surface area contributed by atoms with Gasteiger partial charge in [0.1, 0.15) is 12.3 Å². The summed E-state index contributed by atoms with van der Waals surface area (Å²) in [5, 5.41) is 7.63. The highest BCUT2D eigenvalue weighted by molar-refractivity contribution is 7.97. The van der Waals surface area contributed by atoms with E-state index < -0.39 is 12.7 Å². The molecule has 40 heavy (non-hydrogen) atoms. The Morgan fingerprint density at radius 3 is 2.50 bits per heavy atom. The minimum absolute atomic E-state index is 0.274. The number of hydrogen-bond acceptors (Lipinski definition) is 5. The van der Waals surface area contributed by atoms with Gasteiger partial charge >= 0.3 is 6.18 Å². The van der Waals surface area contributed by atoms with Gasteiger partial charge in [-0.2, -0.15) is 13.2 Å². The maximum atomic E-state index is 13.6. The zero-order chi connectivity index (χ0) is 28.0. The number of fused-ring (bicyclic) bond motifs is 1. The van der Waals surface area contributed by atoms with Crippen LogP contribution in [0.2, 0.25) is 0 Å². The van der Waals surface area contributed by atoms with Gasteiger partial charge in [0, 0.05) is 35.1 Å². The Morgan fingerprint density at radius 2 is 1.75 bits per heavy atom. The molecule has 2 heterocycles. The summed E-state index contributed by atoms with van der Waals surface area (Å²) in [6.07, 6.45) is 5.15. The molecule has 0 unspecified atom stereocenters. The van der Waals surface area contributed by atoms with Crippen molar-refractivity contribution in [3.05, 3.63) is 48.2 Å². The number of piperidine rings is 1. The lowest BCUT2D eigenvalue weighted by atomic mass is 9.95. The second-order valence-electron chi connectivity index (χ2n) is 10.5. The van der Waals surface area contributed by atoms with Crippen molar-refractivity contribution in [3.63, 3.8) is 0 Å². The number of ether oxygens (including phenoxy) is 1. The molecule has 214 valence electrons. The third kappa shape index (κ3) is 7.41. The van der Waals surface area contributed by atoms with Crippen LogP contribution >= 0.6 is 11.9 Å². The highest BCUT2D eigenvalue weighted by atomic mass is 32.2. The van der Waals surface area contributed by atoms with Gasteiger partial charge in [-0.05, 0) is 79.9 Å². The van der Waals surface area contributed by atoms with Crippen LogP contribution in [-0.4, -0.2) is 47.8 Å². The van der Waals surface area contributed by atoms with Crippen molar-refractivity contribution in [2.75, 3.05) is 37.4 Å². The molecule has 5 rings (SSSR count). The van der Waals surface area contributed by atoms with E-state index in [0.29, 0.717) is 23.0 Å². The molecule has 5 nitrogen and oxygen atoms in total. The molecule has 0 atom stereocenters. The first kappa shape index (κ1) is 28.6. The number of anilines is 2. The summed E-state index contributed by atoms with van der Waals surface area (Å²) in [6.45, 7) is 1.37. The van der Waals surface area contributed by atoms with E-state index in [-0.39, 0.29) is 6.54 Å². The van der Waals surface area contributed by atoms with Crippen LogP contribution in [0.5, 0.6) is 5.75 Å². The lowest BCUT2D eigenvalue weighted by Gasteiger charge is -2.25. The van der Waals surface area contributed by atoms with Gasteiger partial charge in [-0.1, -0.05) is 37.7 Å². The summed E-state index contributed by atoms with van der Waals surface area (Å²) >= 11 is 1.75. The first-order chi connectivity index (χ1) is 19.4. The van der Waals surface area contributed by atoms with Crippen molar-refractivity contribution in [2.24, 2.45) is 0 Å². The van der Waals surface area contributed by atoms with Crippen molar-refractivity contribution >= 4 is 34.2 Å². The van der Waals surface area contributed by atoms with Gasteiger partial charge in [0.25, 0.3) is 0 Å². The first-order valence-electron chi connectivity index (χ1n) is 14.2. The molecule has 1 saturated carbocycles. The molecule has 0 amide bonds. The monoisotopic (exact) mass is 570 g/mol. The molecule has 2 aromatic carbocycles. The van der Waals surface area contributed by atoms with Crippen LogP contribution in [0.25, 0.3) is 10.9 Å². The molecular weight excluding hydrogens is 533 g/mol. The van der Waals surface area contributed by atoms with Crippen molar-refractivity contribution in [1.29, 1.82) is 0 Å². The van der Waals surface area contributed by atoms with Crippen LogP contribution in [0.4, 0.5) is 24.5 Å². The predicted molar refractivity (Wildman–Crippen MR) is 158 cm³/mol. The van der Waals surface area contributed by atoms with Gasteiger partial charge in [0.05, 0.1) is 30.6 Å². The smallest absolute Gasteiger partial charge is 0.406 e. The molecule has 1 aromatic heterocycles. The molecule has 1 saturated heterocycles. The number of alkyl halides is 3. The van der Waals surface area contributed by atoms with Gasteiger partial charge in [-0.3, -0.25) is 0 Å². The van der Waals surface area contributed by atoms with Crippen LogP contribution in [-0.2, 0) is 6.54 Å². The molecule has 0 spiro atoms. The number of benzene rings is 2. The quantitative estimate of drug-likeness (QED) is 0.213. The number of aromatic nitrogens is 1. The average Bonchev–Trinajstić information content (AvgIpc) is 3.29.